The number of nitrogens with one attached hydrogen (secondary N) is 1. The smallest absolute Gasteiger partial charge is 0.341 e. The molecule has 6 rings (SSSR count). The summed E-state index contributed by atoms with van der Waals surface area (Å²) in [6, 6.07) is 24.2. The lowest BCUT2D eigenvalue weighted by Gasteiger charge is -2.37. The zero-order valence-electron chi connectivity index (χ0n) is 35.8. The molecule has 0 aliphatic carbocycles. The number of hydrogen-bond donors (Lipinski definition) is 2. The fourth-order valence-electron chi connectivity index (χ4n) is 7.07. The lowest BCUT2D eigenvalue weighted by atomic mass is 10.1. The molecule has 2 aliphatic heterocycles. The van der Waals surface area contributed by atoms with Crippen LogP contribution in [0.5, 0.6) is 0 Å². The summed E-state index contributed by atoms with van der Waals surface area (Å²) >= 11 is 0. The molecule has 0 atom stereocenters. The van der Waals surface area contributed by atoms with Crippen LogP contribution in [0.25, 0.3) is 0 Å². The fourth-order valence-corrected chi connectivity index (χ4v) is 7.07. The van der Waals surface area contributed by atoms with Gasteiger partial charge in [0.25, 0.3) is 0 Å². The zero-order valence-corrected chi connectivity index (χ0v) is 35.8. The zero-order chi connectivity index (χ0) is 46.4. The van der Waals surface area contributed by atoms with Crippen molar-refractivity contribution in [2.75, 3.05) is 88.3 Å². The summed E-state index contributed by atoms with van der Waals surface area (Å²) in [6.07, 6.45) is -5.07. The summed E-state index contributed by atoms with van der Waals surface area (Å²) < 4.78 is 63.8. The molecule has 0 bridgehead atoms. The van der Waals surface area contributed by atoms with Gasteiger partial charge in [0.2, 0.25) is 0 Å². The van der Waals surface area contributed by atoms with Crippen LogP contribution in [0.15, 0.2) is 97.1 Å². The van der Waals surface area contributed by atoms with Gasteiger partial charge in [-0.05, 0) is 72.7 Å². The molecule has 64 heavy (non-hydrogen) atoms. The molecule has 13 nitrogen and oxygen atoms in total. The van der Waals surface area contributed by atoms with E-state index < -0.39 is 30.2 Å². The van der Waals surface area contributed by atoms with Crippen LogP contribution >= 0.6 is 0 Å². The number of anilines is 2. The Hall–Kier alpha value is -6.24. The molecule has 2 saturated heterocycles. The number of alkyl halides is 3. The number of Topliss-reactive ketones (excluding diaryl/α,β-unsaturated/α-hetero) is 2. The van der Waals surface area contributed by atoms with E-state index in [1.807, 2.05) is 17.0 Å². The molecule has 4 aromatic rings. The predicted molar refractivity (Wildman–Crippen MR) is 233 cm³/mol. The van der Waals surface area contributed by atoms with E-state index in [1.165, 1.54) is 53.4 Å². The average Bonchev–Trinajstić information content (AvgIpc) is 3.32. The first kappa shape index (κ1) is 48.8. The molecule has 18 heteroatoms. The van der Waals surface area contributed by atoms with E-state index in [9.17, 15) is 45.9 Å². The second-order valence-electron chi connectivity index (χ2n) is 15.2. The highest BCUT2D eigenvalue weighted by Gasteiger charge is 2.38. The Morgan fingerprint density at radius 3 is 1.25 bits per heavy atom. The number of halogens is 5. The van der Waals surface area contributed by atoms with Crippen LogP contribution in [0.1, 0.15) is 45.7 Å². The monoisotopic (exact) mass is 892 g/mol. The lowest BCUT2D eigenvalue weighted by molar-refractivity contribution is -0.173. The van der Waals surface area contributed by atoms with Crippen molar-refractivity contribution in [3.8, 4) is 0 Å². The van der Waals surface area contributed by atoms with Crippen LogP contribution in [0.2, 0.25) is 0 Å². The highest BCUT2D eigenvalue weighted by Crippen LogP contribution is 2.23. The first-order chi connectivity index (χ1) is 30.6. The number of nitrogens with zero attached hydrogens (tertiary/aromatic N) is 6. The molecule has 4 aromatic carbocycles. The molecule has 0 radical (unpaired) electrons. The third kappa shape index (κ3) is 13.6. The molecular formula is C46H53F5N8O5. The number of carbonyl (C=O) groups is 5. The third-order valence-electron chi connectivity index (χ3n) is 11.0. The quantitative estimate of drug-likeness (QED) is 0.120. The van der Waals surface area contributed by atoms with Crippen molar-refractivity contribution in [2.45, 2.75) is 33.1 Å². The van der Waals surface area contributed by atoms with Crippen molar-refractivity contribution >= 4 is 40.9 Å². The molecule has 2 heterocycles. The van der Waals surface area contributed by atoms with Crippen LogP contribution in [0.3, 0.4) is 0 Å². The molecule has 2 fully saturated rings. The van der Waals surface area contributed by atoms with Crippen LogP contribution in [0.4, 0.5) is 42.9 Å². The molecule has 3 N–H and O–H groups in total. The maximum Gasteiger partial charge on any atom is 0.471 e. The summed E-state index contributed by atoms with van der Waals surface area (Å²) in [5.74, 6) is -3.78. The number of carbonyl (C=O) groups excluding carboxylic acids is 5. The number of benzene rings is 4. The van der Waals surface area contributed by atoms with Crippen LogP contribution in [0, 0.1) is 11.6 Å². The number of likely N-dealkylation sites (N-methyl/N-ethyl adjacent to an activating group) is 2. The number of urea groups is 2. The topological polar surface area (TPSA) is 143 Å². The highest BCUT2D eigenvalue weighted by molar-refractivity contribution is 6.00. The van der Waals surface area contributed by atoms with Crippen LogP contribution in [-0.2, 0) is 17.9 Å². The van der Waals surface area contributed by atoms with E-state index in [4.69, 9.17) is 5.73 Å². The first-order valence-electron chi connectivity index (χ1n) is 21.0. The number of ketones is 2. The summed E-state index contributed by atoms with van der Waals surface area (Å²) in [7, 11) is 0. The maximum atomic E-state index is 13.5. The summed E-state index contributed by atoms with van der Waals surface area (Å²) in [5, 5.41) is 1.55. The Labute approximate surface area is 369 Å². The molecule has 0 aromatic heterocycles. The van der Waals surface area contributed by atoms with Crippen LogP contribution < -0.4 is 20.9 Å². The molecule has 0 spiro atoms. The van der Waals surface area contributed by atoms with Gasteiger partial charge in [-0.1, -0.05) is 62.4 Å². The van der Waals surface area contributed by atoms with Gasteiger partial charge in [-0.15, -0.1) is 0 Å². The van der Waals surface area contributed by atoms with E-state index >= 15 is 0 Å². The van der Waals surface area contributed by atoms with E-state index in [0.717, 1.165) is 44.8 Å². The largest absolute Gasteiger partial charge is 0.471 e. The Balaban J connectivity index is 0.000000245. The highest BCUT2D eigenvalue weighted by atomic mass is 19.4. The van der Waals surface area contributed by atoms with Gasteiger partial charge in [0.1, 0.15) is 11.6 Å². The first-order valence-corrected chi connectivity index (χ1v) is 21.0. The van der Waals surface area contributed by atoms with Gasteiger partial charge in [0.15, 0.2) is 11.6 Å². The Morgan fingerprint density at radius 1 is 0.562 bits per heavy atom. The summed E-state index contributed by atoms with van der Waals surface area (Å²) in [5.41, 5.74) is 8.75. The molecule has 5 amide bonds. The number of amides is 5. The van der Waals surface area contributed by atoms with Gasteiger partial charge in [0.05, 0.1) is 26.2 Å². The second-order valence-corrected chi connectivity index (χ2v) is 15.2. The average molecular weight is 893 g/mol. The second kappa shape index (κ2) is 22.9. The minimum Gasteiger partial charge on any atom is -0.341 e. The molecular weight excluding hydrogens is 840 g/mol. The number of rotatable bonds is 13. The summed E-state index contributed by atoms with van der Waals surface area (Å²) in [6.45, 7) is 11.3. The third-order valence-corrected chi connectivity index (χ3v) is 11.0. The minimum absolute atomic E-state index is 0.0384. The molecule has 2 aliphatic rings. The van der Waals surface area contributed by atoms with Crippen molar-refractivity contribution in [2.24, 2.45) is 5.73 Å². The van der Waals surface area contributed by atoms with E-state index in [1.54, 1.807) is 51.5 Å². The van der Waals surface area contributed by atoms with E-state index in [-0.39, 0.29) is 42.3 Å². The molecule has 0 saturated carbocycles. The van der Waals surface area contributed by atoms with Crippen molar-refractivity contribution < 1.29 is 45.9 Å². The van der Waals surface area contributed by atoms with Crippen LogP contribution in [-0.4, -0.2) is 134 Å². The number of piperazine rings is 2. The van der Waals surface area contributed by atoms with E-state index in [2.05, 4.69) is 23.6 Å². The van der Waals surface area contributed by atoms with Crippen molar-refractivity contribution in [1.82, 2.24) is 24.9 Å². The number of hydrogen-bond acceptors (Lipinski definition) is 8. The van der Waals surface area contributed by atoms with Gasteiger partial charge >= 0.3 is 24.1 Å². The van der Waals surface area contributed by atoms with Crippen molar-refractivity contribution in [3.05, 3.63) is 131 Å². The predicted octanol–water partition coefficient (Wildman–Crippen LogP) is 6.18. The Bertz CT molecular complexity index is 2180. The van der Waals surface area contributed by atoms with Gasteiger partial charge in [-0.2, -0.15) is 13.2 Å². The Kier molecular flexibility index (Phi) is 17.5. The van der Waals surface area contributed by atoms with Gasteiger partial charge < -0.3 is 30.7 Å². The van der Waals surface area contributed by atoms with Gasteiger partial charge in [-0.3, -0.25) is 24.2 Å². The van der Waals surface area contributed by atoms with Crippen molar-refractivity contribution in [1.29, 1.82) is 0 Å². The fraction of sp³-hybridized carbons (Fsp3) is 0.370. The SMILES string of the molecule is CCN1CCN(C(=O)N(Cc2ccc(C(=O)CN)cc2)c2ccc(F)cc2)CC1.CCN1CCN(C(=O)N(Cc2ccc(C(=O)CNC(=O)C(F)(F)F)cc2)c2ccc(F)cc2)CC1. The standard InChI is InChI=1S/C24H26F4N4O3.C22H27FN4O2/c1-2-30-11-13-31(14-12-30)23(35)32(20-9-7-19(25)8-10-20)16-17-3-5-18(6-4-17)21(33)15-29-22(34)24(26,27)28;1-2-25-11-13-26(14-12-25)22(29)27(20-9-7-19(23)8-10-20)16-17-3-5-18(6-4-17)21(28)15-24/h3-10H,2,11-16H2,1H3,(H,29,34);3-10H,2,11-16,24H2,1H3. The van der Waals surface area contributed by atoms with Crippen molar-refractivity contribution in [3.63, 3.8) is 0 Å². The van der Waals surface area contributed by atoms with Gasteiger partial charge in [-0.25, -0.2) is 18.4 Å². The Morgan fingerprint density at radius 2 is 0.922 bits per heavy atom. The summed E-state index contributed by atoms with van der Waals surface area (Å²) in [4.78, 5) is 72.7. The normalized spacial score (nSPS) is 14.6. The minimum atomic E-state index is -5.07. The molecule has 342 valence electrons. The lowest BCUT2D eigenvalue weighted by Crippen LogP contribution is -2.52. The maximum absolute atomic E-state index is 13.5. The number of nitrogens with two attached hydrogens (primary N) is 1. The molecule has 0 unspecified atom stereocenters. The van der Waals surface area contributed by atoms with Gasteiger partial charge in [0, 0.05) is 74.9 Å². The van der Waals surface area contributed by atoms with E-state index in [0.29, 0.717) is 55.2 Å².